The normalized spacial score (nSPS) is 10.8. The summed E-state index contributed by atoms with van der Waals surface area (Å²) in [5, 5.41) is 0.730. The molecule has 2 aromatic carbocycles. The van der Waals surface area contributed by atoms with Gasteiger partial charge < -0.3 is 29.8 Å². The number of rotatable bonds is 21. The molecule has 0 bridgehead atoms. The molecule has 0 spiro atoms. The predicted octanol–water partition coefficient (Wildman–Crippen LogP) is 4.68. The van der Waals surface area contributed by atoms with Gasteiger partial charge in [-0.1, -0.05) is 59.3 Å². The minimum Gasteiger partial charge on any atom is -1.00 e. The summed E-state index contributed by atoms with van der Waals surface area (Å²) in [5.74, 6) is 3.30. The second-order valence-corrected chi connectivity index (χ2v) is 10.5. The van der Waals surface area contributed by atoms with Gasteiger partial charge >= 0.3 is 18.9 Å². The molecule has 1 atom stereocenters. The Balaban J connectivity index is 0.00000800. The van der Waals surface area contributed by atoms with E-state index in [1.54, 1.807) is 19.2 Å². The summed E-state index contributed by atoms with van der Waals surface area (Å²) < 4.78 is 35.1. The van der Waals surface area contributed by atoms with Gasteiger partial charge in [0.1, 0.15) is 40.1 Å². The number of methoxy groups -OCH3 is 3. The van der Waals surface area contributed by atoms with Crippen LogP contribution in [0.25, 0.3) is 0 Å². The van der Waals surface area contributed by atoms with Crippen LogP contribution in [-0.2, 0) is 0 Å². The molecule has 0 saturated carbocycles. The molecule has 220 valence electrons. The fourth-order valence-electron chi connectivity index (χ4n) is 4.02. The monoisotopic (exact) mass is 570 g/mol. The fourth-order valence-corrected chi connectivity index (χ4v) is 5.15. The Bertz CT molecular complexity index is 964. The van der Waals surface area contributed by atoms with Gasteiger partial charge in [0.25, 0.3) is 0 Å². The molecule has 0 aliphatic rings. The number of ether oxygens (including phenoxy) is 6. The van der Waals surface area contributed by atoms with Crippen molar-refractivity contribution in [2.45, 2.75) is 78.6 Å². The Kier molecular flexibility index (Phi) is 18.7. The van der Waals surface area contributed by atoms with Crippen LogP contribution in [0.4, 0.5) is 0 Å². The Labute approximate surface area is 256 Å². The van der Waals surface area contributed by atoms with Crippen LogP contribution in [0, 0.1) is 0 Å². The van der Waals surface area contributed by atoms with Gasteiger partial charge in [-0.25, -0.2) is 0 Å². The number of carbonyl (C=O) groups is 1. The van der Waals surface area contributed by atoms with Crippen molar-refractivity contribution in [2.24, 2.45) is 0 Å². The van der Waals surface area contributed by atoms with Crippen molar-refractivity contribution in [2.75, 3.05) is 41.2 Å². The zero-order chi connectivity index (χ0) is 28.5. The summed E-state index contributed by atoms with van der Waals surface area (Å²) in [7, 11) is 4.35. The third kappa shape index (κ3) is 11.4. The average Bonchev–Trinajstić information content (AvgIpc) is 2.96. The van der Waals surface area contributed by atoms with Crippen molar-refractivity contribution >= 4 is 19.4 Å². The number of benzene rings is 2. The number of unbranched alkanes of at least 4 members (excludes halogenated alkanes) is 6. The molecular weight excluding hydrogens is 522 g/mol. The van der Waals surface area contributed by atoms with Crippen LogP contribution < -0.4 is 52.6 Å². The summed E-state index contributed by atoms with van der Waals surface area (Å²) in [6, 6.07) is 7.18. The summed E-state index contributed by atoms with van der Waals surface area (Å²) >= 11 is 0. The first kappa shape index (κ1) is 36.0. The SMILES string of the molecule is CCCCCOc1cc(OCCCCC)c(PC(=O)c2c(OC)cc(OC)cc2OC)c(OCCCCC)c1.[H-].[Li+]. The molecular formula is C31H48LiO7P. The maximum Gasteiger partial charge on any atom is 1.00 e. The standard InChI is InChI=1S/C31H47O7P.Li.H/c1-7-10-13-16-36-24-21-27(37-17-14-11-8-2)30(28(22-24)38-18-15-12-9-3)39-31(32)29-25(34-5)19-23(33-4)20-26(29)35-6;;/h19-22,39H,7-18H2,1-6H3;;/q;+1;-1. The van der Waals surface area contributed by atoms with Crippen LogP contribution in [0.5, 0.6) is 34.5 Å². The van der Waals surface area contributed by atoms with Crippen LogP contribution in [0.15, 0.2) is 24.3 Å². The second kappa shape index (κ2) is 20.8. The van der Waals surface area contributed by atoms with Crippen LogP contribution in [-0.4, -0.2) is 46.7 Å². The van der Waals surface area contributed by atoms with E-state index in [1.807, 2.05) is 12.1 Å². The van der Waals surface area contributed by atoms with E-state index in [0.29, 0.717) is 59.9 Å². The largest absolute Gasteiger partial charge is 1.00 e. The molecule has 0 heterocycles. The molecule has 0 amide bonds. The average molecular weight is 571 g/mol. The molecule has 0 N–H and O–H groups in total. The molecule has 7 nitrogen and oxygen atoms in total. The molecule has 0 saturated heterocycles. The first-order valence-corrected chi connectivity index (χ1v) is 15.2. The van der Waals surface area contributed by atoms with Gasteiger partial charge in [-0.3, -0.25) is 4.79 Å². The van der Waals surface area contributed by atoms with Gasteiger partial charge in [-0.2, -0.15) is 0 Å². The van der Waals surface area contributed by atoms with E-state index in [1.165, 1.54) is 14.2 Å². The third-order valence-corrected chi connectivity index (χ3v) is 7.47. The van der Waals surface area contributed by atoms with Gasteiger partial charge in [-0.05, 0) is 27.8 Å². The minimum atomic E-state index is -0.273. The van der Waals surface area contributed by atoms with Gasteiger partial charge in [0.05, 0.1) is 46.5 Å². The van der Waals surface area contributed by atoms with Crippen molar-refractivity contribution in [1.82, 2.24) is 0 Å². The Hall–Kier alpha value is -2.06. The maximum atomic E-state index is 13.8. The molecule has 0 aromatic heterocycles. The molecule has 2 rings (SSSR count). The molecule has 1 unspecified atom stereocenters. The Morgan fingerprint density at radius 2 is 1.05 bits per heavy atom. The summed E-state index contributed by atoms with van der Waals surface area (Å²) in [6.07, 6.45) is 9.42. The molecule has 2 aromatic rings. The zero-order valence-electron chi connectivity index (χ0n) is 26.7. The van der Waals surface area contributed by atoms with Crippen LogP contribution in [0.3, 0.4) is 0 Å². The summed E-state index contributed by atoms with van der Waals surface area (Å²) in [6.45, 7) is 8.23. The number of hydrogen-bond acceptors (Lipinski definition) is 7. The molecule has 0 aliphatic heterocycles. The first-order valence-electron chi connectivity index (χ1n) is 14.2. The van der Waals surface area contributed by atoms with E-state index in [4.69, 9.17) is 28.4 Å². The molecule has 0 radical (unpaired) electrons. The number of hydrogen-bond donors (Lipinski definition) is 0. The Morgan fingerprint density at radius 3 is 1.45 bits per heavy atom. The topological polar surface area (TPSA) is 72.5 Å². The maximum absolute atomic E-state index is 13.8. The van der Waals surface area contributed by atoms with E-state index in [0.717, 1.165) is 63.1 Å². The second-order valence-electron chi connectivity index (χ2n) is 9.32. The van der Waals surface area contributed by atoms with Crippen molar-refractivity contribution < 1.29 is 53.5 Å². The van der Waals surface area contributed by atoms with Crippen LogP contribution >= 0.6 is 8.58 Å². The van der Waals surface area contributed by atoms with Gasteiger partial charge in [-0.15, -0.1) is 0 Å². The van der Waals surface area contributed by atoms with Crippen molar-refractivity contribution in [1.29, 1.82) is 0 Å². The van der Waals surface area contributed by atoms with Crippen LogP contribution in [0.1, 0.15) is 90.3 Å². The van der Waals surface area contributed by atoms with Crippen molar-refractivity contribution in [3.8, 4) is 34.5 Å². The molecule has 9 heteroatoms. The van der Waals surface area contributed by atoms with Crippen molar-refractivity contribution in [3.05, 3.63) is 29.8 Å². The fraction of sp³-hybridized carbons (Fsp3) is 0.581. The van der Waals surface area contributed by atoms with E-state index in [-0.39, 0.29) is 34.4 Å². The molecule has 0 aliphatic carbocycles. The molecule has 0 fully saturated rings. The predicted molar refractivity (Wildman–Crippen MR) is 161 cm³/mol. The van der Waals surface area contributed by atoms with E-state index < -0.39 is 0 Å². The van der Waals surface area contributed by atoms with E-state index >= 15 is 0 Å². The minimum absolute atomic E-state index is 0. The quantitative estimate of drug-likeness (QED) is 0.123. The molecule has 40 heavy (non-hydrogen) atoms. The van der Waals surface area contributed by atoms with Gasteiger partial charge in [0, 0.05) is 24.3 Å². The van der Waals surface area contributed by atoms with E-state index in [2.05, 4.69) is 20.8 Å². The van der Waals surface area contributed by atoms with Crippen LogP contribution in [0.2, 0.25) is 0 Å². The first-order chi connectivity index (χ1) is 19.0. The van der Waals surface area contributed by atoms with E-state index in [9.17, 15) is 4.79 Å². The Morgan fingerprint density at radius 1 is 0.625 bits per heavy atom. The van der Waals surface area contributed by atoms with Gasteiger partial charge in [0.15, 0.2) is 5.52 Å². The summed E-state index contributed by atoms with van der Waals surface area (Å²) in [4.78, 5) is 13.8. The smallest absolute Gasteiger partial charge is 1.00 e. The van der Waals surface area contributed by atoms with Gasteiger partial charge in [0.2, 0.25) is 0 Å². The third-order valence-electron chi connectivity index (χ3n) is 6.25. The summed E-state index contributed by atoms with van der Waals surface area (Å²) in [5.41, 5.74) is 0.229. The zero-order valence-corrected chi connectivity index (χ0v) is 26.7. The van der Waals surface area contributed by atoms with Crippen molar-refractivity contribution in [3.63, 3.8) is 0 Å². The number of carbonyl (C=O) groups excluding carboxylic acids is 1.